The third-order valence-electron chi connectivity index (χ3n) is 4.71. The SMILES string of the molecule is CCOC(=O)N1CCc2nc(NC(=O)C3CCCN(S(C)(=O)=O)C3)sc2C1. The molecule has 11 heteroatoms. The second kappa shape index (κ2) is 8.11. The quantitative estimate of drug-likeness (QED) is 0.792. The number of anilines is 1. The molecule has 150 valence electrons. The summed E-state index contributed by atoms with van der Waals surface area (Å²) in [6.45, 7) is 3.72. The minimum Gasteiger partial charge on any atom is -0.450 e. The number of thiazole rings is 1. The highest BCUT2D eigenvalue weighted by atomic mass is 32.2. The Morgan fingerprint density at radius 2 is 2.15 bits per heavy atom. The molecule has 0 spiro atoms. The highest BCUT2D eigenvalue weighted by Gasteiger charge is 2.31. The van der Waals surface area contributed by atoms with Crippen molar-refractivity contribution in [3.05, 3.63) is 10.6 Å². The van der Waals surface area contributed by atoms with Gasteiger partial charge in [0.05, 0.1) is 31.0 Å². The number of carbonyl (C=O) groups is 2. The average molecular weight is 417 g/mol. The molecule has 0 saturated carbocycles. The van der Waals surface area contributed by atoms with Crippen LogP contribution in [-0.4, -0.2) is 67.1 Å². The van der Waals surface area contributed by atoms with E-state index in [0.717, 1.165) is 16.8 Å². The van der Waals surface area contributed by atoms with E-state index in [1.165, 1.54) is 15.6 Å². The molecule has 27 heavy (non-hydrogen) atoms. The second-order valence-electron chi connectivity index (χ2n) is 6.71. The standard InChI is InChI=1S/C16H24N4O5S2/c1-3-25-16(22)19-8-6-12-13(10-19)26-15(17-12)18-14(21)11-5-4-7-20(9-11)27(2,23)24/h11H,3-10H2,1-2H3,(H,17,18,21). The minimum atomic E-state index is -3.30. The second-order valence-corrected chi connectivity index (χ2v) is 9.77. The lowest BCUT2D eigenvalue weighted by atomic mass is 9.99. The lowest BCUT2D eigenvalue weighted by Gasteiger charge is -2.29. The maximum Gasteiger partial charge on any atom is 0.410 e. The molecule has 0 radical (unpaired) electrons. The van der Waals surface area contributed by atoms with E-state index in [2.05, 4.69) is 10.3 Å². The van der Waals surface area contributed by atoms with Gasteiger partial charge >= 0.3 is 6.09 Å². The Morgan fingerprint density at radius 3 is 2.85 bits per heavy atom. The normalized spacial score (nSPS) is 20.8. The maximum absolute atomic E-state index is 12.6. The maximum atomic E-state index is 12.6. The van der Waals surface area contributed by atoms with Crippen molar-refractivity contribution in [3.8, 4) is 0 Å². The molecule has 0 bridgehead atoms. The number of hydrogen-bond donors (Lipinski definition) is 1. The van der Waals surface area contributed by atoms with E-state index in [4.69, 9.17) is 4.74 Å². The Morgan fingerprint density at radius 1 is 1.37 bits per heavy atom. The number of carbonyl (C=O) groups excluding carboxylic acids is 2. The van der Waals surface area contributed by atoms with Crippen LogP contribution in [0.15, 0.2) is 0 Å². The summed E-state index contributed by atoms with van der Waals surface area (Å²) >= 11 is 1.35. The molecule has 2 amide bonds. The van der Waals surface area contributed by atoms with Gasteiger partial charge in [0.1, 0.15) is 0 Å². The molecule has 1 N–H and O–H groups in total. The largest absolute Gasteiger partial charge is 0.450 e. The van der Waals surface area contributed by atoms with Gasteiger partial charge in [-0.25, -0.2) is 22.5 Å². The summed E-state index contributed by atoms with van der Waals surface area (Å²) in [5.41, 5.74) is 0.886. The number of rotatable bonds is 4. The monoisotopic (exact) mass is 416 g/mol. The Labute approximate surface area is 162 Å². The van der Waals surface area contributed by atoms with Crippen LogP contribution in [-0.2, 0) is 32.5 Å². The molecule has 2 aliphatic rings. The van der Waals surface area contributed by atoms with Crippen molar-refractivity contribution in [1.29, 1.82) is 0 Å². The molecule has 0 aliphatic carbocycles. The van der Waals surface area contributed by atoms with E-state index in [1.54, 1.807) is 11.8 Å². The molecule has 1 saturated heterocycles. The molecule has 1 unspecified atom stereocenters. The molecule has 1 aromatic rings. The minimum absolute atomic E-state index is 0.201. The Kier molecular flexibility index (Phi) is 6.02. The third-order valence-corrected chi connectivity index (χ3v) is 6.98. The number of hydrogen-bond acceptors (Lipinski definition) is 7. The highest BCUT2D eigenvalue weighted by molar-refractivity contribution is 7.88. The first-order valence-electron chi connectivity index (χ1n) is 8.94. The predicted molar refractivity (Wildman–Crippen MR) is 101 cm³/mol. The number of sulfonamides is 1. The average Bonchev–Trinajstić information content (AvgIpc) is 3.02. The molecule has 9 nitrogen and oxygen atoms in total. The van der Waals surface area contributed by atoms with Gasteiger partial charge in [-0.15, -0.1) is 0 Å². The Hall–Kier alpha value is -1.72. The van der Waals surface area contributed by atoms with Gasteiger partial charge in [0.15, 0.2) is 5.13 Å². The summed E-state index contributed by atoms with van der Waals surface area (Å²) in [5, 5.41) is 3.32. The van der Waals surface area contributed by atoms with Crippen LogP contribution >= 0.6 is 11.3 Å². The van der Waals surface area contributed by atoms with Gasteiger partial charge in [0.2, 0.25) is 15.9 Å². The lowest BCUT2D eigenvalue weighted by molar-refractivity contribution is -0.120. The number of ether oxygens (including phenoxy) is 1. The van der Waals surface area contributed by atoms with Crippen LogP contribution in [0.25, 0.3) is 0 Å². The number of fused-ring (bicyclic) bond motifs is 1. The summed E-state index contributed by atoms with van der Waals surface area (Å²) < 4.78 is 29.8. The molecule has 1 aromatic heterocycles. The number of nitrogens with one attached hydrogen (secondary N) is 1. The molecule has 1 atom stereocenters. The number of aromatic nitrogens is 1. The third kappa shape index (κ3) is 4.77. The molecule has 3 heterocycles. The summed E-state index contributed by atoms with van der Waals surface area (Å²) in [4.78, 5) is 31.5. The van der Waals surface area contributed by atoms with Crippen LogP contribution in [0.3, 0.4) is 0 Å². The lowest BCUT2D eigenvalue weighted by Crippen LogP contribution is -2.43. The topological polar surface area (TPSA) is 109 Å². The number of nitrogens with zero attached hydrogens (tertiary/aromatic N) is 3. The zero-order valence-electron chi connectivity index (χ0n) is 15.4. The zero-order valence-corrected chi connectivity index (χ0v) is 17.1. The molecular weight excluding hydrogens is 392 g/mol. The van der Waals surface area contributed by atoms with Gasteiger partial charge in [-0.2, -0.15) is 0 Å². The summed E-state index contributed by atoms with van der Waals surface area (Å²) in [6, 6.07) is 0. The highest BCUT2D eigenvalue weighted by Crippen LogP contribution is 2.29. The van der Waals surface area contributed by atoms with E-state index in [1.807, 2.05) is 0 Å². The van der Waals surface area contributed by atoms with Crippen molar-refractivity contribution in [2.45, 2.75) is 32.7 Å². The van der Waals surface area contributed by atoms with Crippen LogP contribution in [0.5, 0.6) is 0 Å². The predicted octanol–water partition coefficient (Wildman–Crippen LogP) is 1.27. The van der Waals surface area contributed by atoms with Crippen molar-refractivity contribution in [2.24, 2.45) is 5.92 Å². The molecule has 2 aliphatic heterocycles. The van der Waals surface area contributed by atoms with Gasteiger partial charge in [0, 0.05) is 30.9 Å². The van der Waals surface area contributed by atoms with Gasteiger partial charge in [-0.1, -0.05) is 11.3 Å². The molecule has 3 rings (SSSR count). The van der Waals surface area contributed by atoms with Crippen LogP contribution in [0.4, 0.5) is 9.93 Å². The van der Waals surface area contributed by atoms with Crippen LogP contribution in [0, 0.1) is 5.92 Å². The van der Waals surface area contributed by atoms with Crippen molar-refractivity contribution < 1.29 is 22.7 Å². The van der Waals surface area contributed by atoms with E-state index >= 15 is 0 Å². The molecule has 0 aromatic carbocycles. The summed E-state index contributed by atoms with van der Waals surface area (Å²) in [5.74, 6) is -0.595. The smallest absolute Gasteiger partial charge is 0.410 e. The van der Waals surface area contributed by atoms with Gasteiger partial charge < -0.3 is 15.0 Å². The van der Waals surface area contributed by atoms with E-state index < -0.39 is 10.0 Å². The van der Waals surface area contributed by atoms with Gasteiger partial charge in [0.25, 0.3) is 0 Å². The van der Waals surface area contributed by atoms with Crippen LogP contribution in [0.1, 0.15) is 30.3 Å². The first kappa shape index (κ1) is 20.0. The fraction of sp³-hybridized carbons (Fsp3) is 0.688. The van der Waals surface area contributed by atoms with Crippen LogP contribution < -0.4 is 5.32 Å². The molecular formula is C16H24N4O5S2. The van der Waals surface area contributed by atoms with Crippen molar-refractivity contribution in [3.63, 3.8) is 0 Å². The summed E-state index contributed by atoms with van der Waals surface area (Å²) in [6.07, 6.45) is 2.75. The number of amides is 2. The Bertz CT molecular complexity index is 823. The molecule has 1 fully saturated rings. The van der Waals surface area contributed by atoms with Gasteiger partial charge in [-0.3, -0.25) is 4.79 Å². The van der Waals surface area contributed by atoms with E-state index in [0.29, 0.717) is 50.6 Å². The van der Waals surface area contributed by atoms with E-state index in [-0.39, 0.29) is 24.5 Å². The van der Waals surface area contributed by atoms with Gasteiger partial charge in [-0.05, 0) is 19.8 Å². The Balaban J connectivity index is 1.62. The first-order valence-corrected chi connectivity index (χ1v) is 11.6. The van der Waals surface area contributed by atoms with Crippen molar-refractivity contribution in [1.82, 2.24) is 14.2 Å². The van der Waals surface area contributed by atoms with Crippen molar-refractivity contribution >= 4 is 38.5 Å². The van der Waals surface area contributed by atoms with E-state index in [9.17, 15) is 18.0 Å². The first-order chi connectivity index (χ1) is 12.8. The fourth-order valence-corrected chi connectivity index (χ4v) is 5.22. The van der Waals surface area contributed by atoms with Crippen molar-refractivity contribution in [2.75, 3.05) is 37.8 Å². The fourth-order valence-electron chi connectivity index (χ4n) is 3.28. The van der Waals surface area contributed by atoms with Crippen LogP contribution in [0.2, 0.25) is 0 Å². The number of piperidine rings is 1. The summed E-state index contributed by atoms with van der Waals surface area (Å²) in [7, 11) is -3.30. The zero-order chi connectivity index (χ0) is 19.6.